The van der Waals surface area contributed by atoms with Crippen molar-refractivity contribution in [3.63, 3.8) is 0 Å². The highest BCUT2D eigenvalue weighted by Gasteiger charge is 2.27. The zero-order valence-electron chi connectivity index (χ0n) is 14.0. The van der Waals surface area contributed by atoms with Crippen LogP contribution in [0.5, 0.6) is 0 Å². The maximum absolute atomic E-state index is 11.9. The van der Waals surface area contributed by atoms with Crippen molar-refractivity contribution in [3.8, 4) is 11.5 Å². The molecule has 2 aliphatic rings. The van der Waals surface area contributed by atoms with E-state index in [1.54, 1.807) is 11.8 Å². The van der Waals surface area contributed by atoms with E-state index in [1.807, 2.05) is 25.1 Å². The Labute approximate surface area is 156 Å². The van der Waals surface area contributed by atoms with Crippen molar-refractivity contribution in [1.82, 2.24) is 20.4 Å². The van der Waals surface area contributed by atoms with Crippen LogP contribution >= 0.6 is 24.2 Å². The lowest BCUT2D eigenvalue weighted by Gasteiger charge is -2.30. The van der Waals surface area contributed by atoms with Crippen LogP contribution in [0.2, 0.25) is 0 Å². The lowest BCUT2D eigenvalue weighted by Crippen LogP contribution is -2.44. The van der Waals surface area contributed by atoms with Crippen molar-refractivity contribution in [2.45, 2.75) is 23.1 Å². The van der Waals surface area contributed by atoms with Gasteiger partial charge in [-0.3, -0.25) is 9.69 Å². The quantitative estimate of drug-likeness (QED) is 0.824. The summed E-state index contributed by atoms with van der Waals surface area (Å²) in [6, 6.07) is 5.95. The van der Waals surface area contributed by atoms with E-state index in [-0.39, 0.29) is 29.6 Å². The standard InChI is InChI=1S/C16H19N5O2S.ClH/c1-9-15(22)18-11-7-10(3-4-13(11)24-9)16-19-14(20-23-16)12-8-17-5-6-21(12)2;/h3-4,7,9,12,17H,5-6,8H2,1-2H3,(H,18,22);1H. The van der Waals surface area contributed by atoms with Crippen LogP contribution in [-0.2, 0) is 4.79 Å². The summed E-state index contributed by atoms with van der Waals surface area (Å²) in [7, 11) is 2.06. The van der Waals surface area contributed by atoms with E-state index < -0.39 is 0 Å². The third kappa shape index (κ3) is 3.52. The van der Waals surface area contributed by atoms with E-state index in [2.05, 4.69) is 32.7 Å². The molecule has 1 aromatic heterocycles. The Morgan fingerprint density at radius 3 is 3.04 bits per heavy atom. The maximum atomic E-state index is 11.9. The first-order chi connectivity index (χ1) is 11.6. The number of fused-ring (bicyclic) bond motifs is 1. The average Bonchev–Trinajstić information content (AvgIpc) is 3.06. The number of amides is 1. The molecule has 2 aliphatic heterocycles. The van der Waals surface area contributed by atoms with E-state index in [0.717, 1.165) is 35.8 Å². The van der Waals surface area contributed by atoms with Gasteiger partial charge in [0.15, 0.2) is 5.82 Å². The van der Waals surface area contributed by atoms with Gasteiger partial charge in [-0.05, 0) is 32.2 Å². The zero-order chi connectivity index (χ0) is 16.7. The van der Waals surface area contributed by atoms with Gasteiger partial charge in [0.2, 0.25) is 5.91 Å². The first-order valence-electron chi connectivity index (χ1n) is 7.98. The first-order valence-corrected chi connectivity index (χ1v) is 8.86. The van der Waals surface area contributed by atoms with E-state index in [4.69, 9.17) is 4.52 Å². The Balaban J connectivity index is 0.00000182. The van der Waals surface area contributed by atoms with Crippen molar-refractivity contribution in [3.05, 3.63) is 24.0 Å². The molecule has 0 aliphatic carbocycles. The average molecular weight is 382 g/mol. The molecule has 1 aromatic carbocycles. The van der Waals surface area contributed by atoms with Crippen LogP contribution in [0.4, 0.5) is 5.69 Å². The number of piperazine rings is 1. The normalized spacial score (nSPS) is 23.5. The van der Waals surface area contributed by atoms with Crippen LogP contribution in [0.3, 0.4) is 0 Å². The van der Waals surface area contributed by atoms with Gasteiger partial charge in [-0.15, -0.1) is 24.2 Å². The number of halogens is 1. The Hall–Kier alpha value is -1.61. The molecule has 1 saturated heterocycles. The Morgan fingerprint density at radius 2 is 2.24 bits per heavy atom. The molecule has 2 N–H and O–H groups in total. The number of hydrogen-bond donors (Lipinski definition) is 2. The molecule has 3 heterocycles. The fraction of sp³-hybridized carbons (Fsp3) is 0.438. The summed E-state index contributed by atoms with van der Waals surface area (Å²) >= 11 is 1.56. The second-order valence-electron chi connectivity index (χ2n) is 6.12. The molecular weight excluding hydrogens is 362 g/mol. The topological polar surface area (TPSA) is 83.3 Å². The summed E-state index contributed by atoms with van der Waals surface area (Å²) in [5, 5.41) is 10.3. The second-order valence-corrected chi connectivity index (χ2v) is 7.50. The molecular formula is C16H20ClN5O2S. The smallest absolute Gasteiger partial charge is 0.258 e. The van der Waals surface area contributed by atoms with Crippen molar-refractivity contribution in [1.29, 1.82) is 0 Å². The molecule has 2 aromatic rings. The highest BCUT2D eigenvalue weighted by molar-refractivity contribution is 8.00. The van der Waals surface area contributed by atoms with E-state index in [0.29, 0.717) is 11.7 Å². The molecule has 0 radical (unpaired) electrons. The summed E-state index contributed by atoms with van der Waals surface area (Å²) in [5.74, 6) is 1.18. The number of rotatable bonds is 2. The molecule has 134 valence electrons. The van der Waals surface area contributed by atoms with Gasteiger partial charge in [0.05, 0.1) is 17.0 Å². The SMILES string of the molecule is CC1Sc2ccc(-c3nc(C4CNCCN4C)no3)cc2NC1=O.Cl. The number of aromatic nitrogens is 2. The molecule has 0 saturated carbocycles. The number of hydrogen-bond acceptors (Lipinski definition) is 7. The molecule has 2 unspecified atom stereocenters. The molecule has 1 fully saturated rings. The van der Waals surface area contributed by atoms with Gasteiger partial charge in [0, 0.05) is 30.1 Å². The molecule has 0 bridgehead atoms. The van der Waals surface area contributed by atoms with Crippen molar-refractivity contribution >= 4 is 35.8 Å². The monoisotopic (exact) mass is 381 g/mol. The molecule has 4 rings (SSSR count). The summed E-state index contributed by atoms with van der Waals surface area (Å²) in [6.07, 6.45) is 0. The number of carbonyl (C=O) groups is 1. The zero-order valence-corrected chi connectivity index (χ0v) is 15.6. The summed E-state index contributed by atoms with van der Waals surface area (Å²) in [5.41, 5.74) is 1.62. The maximum Gasteiger partial charge on any atom is 0.258 e. The van der Waals surface area contributed by atoms with Gasteiger partial charge in [-0.2, -0.15) is 4.98 Å². The highest BCUT2D eigenvalue weighted by Crippen LogP contribution is 2.37. The van der Waals surface area contributed by atoms with Gasteiger partial charge in [-0.1, -0.05) is 5.16 Å². The third-order valence-electron chi connectivity index (χ3n) is 4.41. The summed E-state index contributed by atoms with van der Waals surface area (Å²) < 4.78 is 5.46. The lowest BCUT2D eigenvalue weighted by molar-refractivity contribution is -0.115. The number of carbonyl (C=O) groups excluding carboxylic acids is 1. The minimum absolute atomic E-state index is 0. The van der Waals surface area contributed by atoms with Crippen molar-refractivity contribution in [2.24, 2.45) is 0 Å². The van der Waals surface area contributed by atoms with Crippen LogP contribution in [-0.4, -0.2) is 52.9 Å². The number of likely N-dealkylation sites (N-methyl/N-ethyl adjacent to an activating group) is 1. The Morgan fingerprint density at radius 1 is 1.40 bits per heavy atom. The molecule has 1 amide bonds. The van der Waals surface area contributed by atoms with E-state index in [9.17, 15) is 4.79 Å². The predicted molar refractivity (Wildman–Crippen MR) is 99.2 cm³/mol. The van der Waals surface area contributed by atoms with Crippen LogP contribution in [0.1, 0.15) is 18.8 Å². The van der Waals surface area contributed by atoms with Crippen LogP contribution in [0, 0.1) is 0 Å². The Kier molecular flexibility index (Phi) is 5.33. The molecule has 9 heteroatoms. The van der Waals surface area contributed by atoms with Crippen LogP contribution < -0.4 is 10.6 Å². The van der Waals surface area contributed by atoms with Crippen LogP contribution in [0.25, 0.3) is 11.5 Å². The first kappa shape index (κ1) is 18.2. The number of benzene rings is 1. The summed E-state index contributed by atoms with van der Waals surface area (Å²) in [6.45, 7) is 4.63. The van der Waals surface area contributed by atoms with E-state index in [1.165, 1.54) is 0 Å². The molecule has 25 heavy (non-hydrogen) atoms. The fourth-order valence-electron chi connectivity index (χ4n) is 2.92. The largest absolute Gasteiger partial charge is 0.334 e. The second kappa shape index (κ2) is 7.33. The van der Waals surface area contributed by atoms with Gasteiger partial charge >= 0.3 is 0 Å². The lowest BCUT2D eigenvalue weighted by atomic mass is 10.1. The van der Waals surface area contributed by atoms with Crippen LogP contribution in [0.15, 0.2) is 27.6 Å². The molecule has 0 spiro atoms. The minimum Gasteiger partial charge on any atom is -0.334 e. The number of nitrogens with one attached hydrogen (secondary N) is 2. The molecule has 2 atom stereocenters. The third-order valence-corrected chi connectivity index (χ3v) is 5.59. The number of anilines is 1. The predicted octanol–water partition coefficient (Wildman–Crippen LogP) is 2.17. The van der Waals surface area contributed by atoms with Crippen molar-refractivity contribution in [2.75, 3.05) is 32.0 Å². The van der Waals surface area contributed by atoms with Gasteiger partial charge < -0.3 is 15.2 Å². The molecule has 7 nitrogen and oxygen atoms in total. The van der Waals surface area contributed by atoms with Crippen molar-refractivity contribution < 1.29 is 9.32 Å². The van der Waals surface area contributed by atoms with E-state index >= 15 is 0 Å². The fourth-order valence-corrected chi connectivity index (χ4v) is 3.85. The number of thioether (sulfide) groups is 1. The van der Waals surface area contributed by atoms with Gasteiger partial charge in [0.1, 0.15) is 0 Å². The minimum atomic E-state index is -0.0762. The summed E-state index contributed by atoms with van der Waals surface area (Å²) in [4.78, 5) is 19.7. The number of nitrogens with zero attached hydrogens (tertiary/aromatic N) is 3. The van der Waals surface area contributed by atoms with Gasteiger partial charge in [-0.25, -0.2) is 0 Å². The highest BCUT2D eigenvalue weighted by atomic mass is 35.5. The Bertz CT molecular complexity index is 784. The van der Waals surface area contributed by atoms with Gasteiger partial charge in [0.25, 0.3) is 5.89 Å².